The summed E-state index contributed by atoms with van der Waals surface area (Å²) in [5, 5.41) is 0. The van der Waals surface area contributed by atoms with Crippen molar-refractivity contribution in [2.45, 2.75) is 26.2 Å². The van der Waals surface area contributed by atoms with Gasteiger partial charge in [-0.05, 0) is 43.4 Å². The van der Waals surface area contributed by atoms with Crippen molar-refractivity contribution in [1.29, 1.82) is 0 Å². The minimum atomic E-state index is 0.204. The molecule has 2 fully saturated rings. The first-order chi connectivity index (χ1) is 12.1. The molecule has 0 unspecified atom stereocenters. The molecule has 3 nitrogen and oxygen atoms in total. The monoisotopic (exact) mass is 334 g/mol. The molecule has 0 spiro atoms. The third-order valence-electron chi connectivity index (χ3n) is 5.62. The van der Waals surface area contributed by atoms with Crippen molar-refractivity contribution in [2.24, 2.45) is 5.92 Å². The molecule has 1 saturated carbocycles. The Morgan fingerprint density at radius 2 is 1.68 bits per heavy atom. The predicted octanol–water partition coefficient (Wildman–Crippen LogP) is 3.76. The van der Waals surface area contributed by atoms with E-state index < -0.39 is 0 Å². The van der Waals surface area contributed by atoms with E-state index in [0.29, 0.717) is 11.8 Å². The van der Waals surface area contributed by atoms with Gasteiger partial charge in [0.25, 0.3) is 0 Å². The highest BCUT2D eigenvalue weighted by atomic mass is 16.2. The van der Waals surface area contributed by atoms with Crippen LogP contribution in [0, 0.1) is 19.8 Å². The van der Waals surface area contributed by atoms with Crippen molar-refractivity contribution in [3.05, 3.63) is 65.2 Å². The summed E-state index contributed by atoms with van der Waals surface area (Å²) < 4.78 is 0. The average Bonchev–Trinajstić information content (AvgIpc) is 3.43. The number of benzene rings is 2. The van der Waals surface area contributed by atoms with Crippen LogP contribution < -0.4 is 4.90 Å². The van der Waals surface area contributed by atoms with Crippen LogP contribution in [0.5, 0.6) is 0 Å². The van der Waals surface area contributed by atoms with Crippen LogP contribution >= 0.6 is 0 Å². The lowest BCUT2D eigenvalue weighted by atomic mass is 10.1. The lowest BCUT2D eigenvalue weighted by Gasteiger charge is -2.37. The summed E-state index contributed by atoms with van der Waals surface area (Å²) in [5.74, 6) is 0.996. The number of rotatable bonds is 3. The van der Waals surface area contributed by atoms with Gasteiger partial charge < -0.3 is 9.80 Å². The normalized spacial score (nSPS) is 22.8. The zero-order valence-electron chi connectivity index (χ0n) is 15.1. The maximum atomic E-state index is 12.8. The Morgan fingerprint density at radius 3 is 2.36 bits per heavy atom. The molecule has 0 radical (unpaired) electrons. The number of amides is 1. The summed E-state index contributed by atoms with van der Waals surface area (Å²) in [6.45, 7) is 7.84. The Hall–Kier alpha value is -2.29. The second-order valence-electron chi connectivity index (χ2n) is 7.46. The molecular weight excluding hydrogens is 308 g/mol. The predicted molar refractivity (Wildman–Crippen MR) is 102 cm³/mol. The zero-order chi connectivity index (χ0) is 17.4. The first-order valence-electron chi connectivity index (χ1n) is 9.29. The number of carbonyl (C=O) groups excluding carboxylic acids is 1. The van der Waals surface area contributed by atoms with Gasteiger partial charge in [-0.3, -0.25) is 4.79 Å². The Morgan fingerprint density at radius 1 is 0.960 bits per heavy atom. The number of anilines is 1. The smallest absolute Gasteiger partial charge is 0.226 e. The first kappa shape index (κ1) is 16.2. The van der Waals surface area contributed by atoms with Crippen LogP contribution in [-0.2, 0) is 4.79 Å². The molecular formula is C22H26N2O. The molecule has 2 aromatic carbocycles. The third-order valence-corrected chi connectivity index (χ3v) is 5.62. The van der Waals surface area contributed by atoms with E-state index in [1.807, 2.05) is 6.07 Å². The molecule has 2 aromatic rings. The summed E-state index contributed by atoms with van der Waals surface area (Å²) in [7, 11) is 0. The molecule has 0 N–H and O–H groups in total. The van der Waals surface area contributed by atoms with Gasteiger partial charge in [-0.2, -0.15) is 0 Å². The van der Waals surface area contributed by atoms with Crippen LogP contribution in [-0.4, -0.2) is 37.0 Å². The molecule has 1 aliphatic heterocycles. The van der Waals surface area contributed by atoms with E-state index in [1.54, 1.807) is 0 Å². The number of piperazine rings is 1. The van der Waals surface area contributed by atoms with Crippen molar-refractivity contribution >= 4 is 11.6 Å². The van der Waals surface area contributed by atoms with E-state index in [9.17, 15) is 4.79 Å². The van der Waals surface area contributed by atoms with E-state index in [1.165, 1.54) is 22.4 Å². The average molecular weight is 334 g/mol. The molecule has 1 amide bonds. The summed E-state index contributed by atoms with van der Waals surface area (Å²) in [5.41, 5.74) is 5.25. The van der Waals surface area contributed by atoms with Crippen LogP contribution in [0.4, 0.5) is 5.69 Å². The Bertz CT molecular complexity index is 763. The minimum Gasteiger partial charge on any atom is -0.368 e. The van der Waals surface area contributed by atoms with E-state index in [2.05, 4.69) is 66.1 Å². The SMILES string of the molecule is Cc1ccc(N2CCN(C(=O)[C@H]3C[C@H]3c3ccccc3)CC2)c(C)c1. The molecule has 2 aliphatic rings. The lowest BCUT2D eigenvalue weighted by Crippen LogP contribution is -2.49. The van der Waals surface area contributed by atoms with Crippen LogP contribution in [0.3, 0.4) is 0 Å². The van der Waals surface area contributed by atoms with Gasteiger partial charge in [0.05, 0.1) is 0 Å². The number of aryl methyl sites for hydroxylation is 2. The highest BCUT2D eigenvalue weighted by Crippen LogP contribution is 2.48. The first-order valence-corrected chi connectivity index (χ1v) is 9.29. The van der Waals surface area contributed by atoms with Crippen molar-refractivity contribution in [1.82, 2.24) is 4.90 Å². The van der Waals surface area contributed by atoms with Gasteiger partial charge in [0.15, 0.2) is 0 Å². The second kappa shape index (κ2) is 6.55. The molecule has 1 saturated heterocycles. The zero-order valence-corrected chi connectivity index (χ0v) is 15.1. The van der Waals surface area contributed by atoms with Crippen molar-refractivity contribution in [3.63, 3.8) is 0 Å². The number of hydrogen-bond acceptors (Lipinski definition) is 2. The molecule has 130 valence electrons. The fraction of sp³-hybridized carbons (Fsp3) is 0.409. The van der Waals surface area contributed by atoms with Gasteiger partial charge in [-0.1, -0.05) is 48.0 Å². The number of nitrogens with zero attached hydrogens (tertiary/aromatic N) is 2. The molecule has 0 bridgehead atoms. The molecule has 1 heterocycles. The number of carbonyl (C=O) groups is 1. The standard InChI is InChI=1S/C22H26N2O/c1-16-8-9-21(17(2)14-16)23-10-12-24(13-11-23)22(25)20-15-19(20)18-6-4-3-5-7-18/h3-9,14,19-20H,10-13,15H2,1-2H3/t19-,20-/m0/s1. The summed E-state index contributed by atoms with van der Waals surface area (Å²) in [6.07, 6.45) is 1.01. The van der Waals surface area contributed by atoms with Gasteiger partial charge >= 0.3 is 0 Å². The Labute approximate surface area is 150 Å². The summed E-state index contributed by atoms with van der Waals surface area (Å²) in [6, 6.07) is 17.1. The topological polar surface area (TPSA) is 23.6 Å². The van der Waals surface area contributed by atoms with Gasteiger partial charge in [-0.25, -0.2) is 0 Å². The van der Waals surface area contributed by atoms with Crippen LogP contribution in [0.25, 0.3) is 0 Å². The Kier molecular flexibility index (Phi) is 4.24. The molecule has 3 heteroatoms. The molecule has 4 rings (SSSR count). The van der Waals surface area contributed by atoms with E-state index in [-0.39, 0.29) is 5.92 Å². The largest absolute Gasteiger partial charge is 0.368 e. The fourth-order valence-electron chi connectivity index (χ4n) is 4.10. The fourth-order valence-corrected chi connectivity index (χ4v) is 4.10. The third kappa shape index (κ3) is 3.28. The second-order valence-corrected chi connectivity index (χ2v) is 7.46. The number of hydrogen-bond donors (Lipinski definition) is 0. The van der Waals surface area contributed by atoms with Gasteiger partial charge in [-0.15, -0.1) is 0 Å². The molecule has 0 aromatic heterocycles. The van der Waals surface area contributed by atoms with Crippen LogP contribution in [0.2, 0.25) is 0 Å². The minimum absolute atomic E-state index is 0.204. The molecule has 25 heavy (non-hydrogen) atoms. The molecule has 2 atom stereocenters. The van der Waals surface area contributed by atoms with E-state index in [0.717, 1.165) is 32.6 Å². The van der Waals surface area contributed by atoms with Crippen molar-refractivity contribution < 1.29 is 4.79 Å². The lowest BCUT2D eigenvalue weighted by molar-refractivity contribution is -0.132. The maximum absolute atomic E-state index is 12.8. The maximum Gasteiger partial charge on any atom is 0.226 e. The van der Waals surface area contributed by atoms with E-state index in [4.69, 9.17) is 0 Å². The van der Waals surface area contributed by atoms with Gasteiger partial charge in [0, 0.05) is 37.8 Å². The van der Waals surface area contributed by atoms with Crippen LogP contribution in [0.15, 0.2) is 48.5 Å². The highest BCUT2D eigenvalue weighted by molar-refractivity contribution is 5.83. The van der Waals surface area contributed by atoms with Crippen LogP contribution in [0.1, 0.15) is 29.0 Å². The Balaban J connectivity index is 1.35. The van der Waals surface area contributed by atoms with Gasteiger partial charge in [0.1, 0.15) is 0 Å². The van der Waals surface area contributed by atoms with E-state index >= 15 is 0 Å². The summed E-state index contributed by atoms with van der Waals surface area (Å²) in [4.78, 5) is 17.3. The highest BCUT2D eigenvalue weighted by Gasteiger charge is 2.45. The summed E-state index contributed by atoms with van der Waals surface area (Å²) >= 11 is 0. The van der Waals surface area contributed by atoms with Crippen molar-refractivity contribution in [3.8, 4) is 0 Å². The van der Waals surface area contributed by atoms with Crippen molar-refractivity contribution in [2.75, 3.05) is 31.1 Å². The quantitative estimate of drug-likeness (QED) is 0.853. The van der Waals surface area contributed by atoms with Gasteiger partial charge in [0.2, 0.25) is 5.91 Å². The molecule has 1 aliphatic carbocycles.